The van der Waals surface area contributed by atoms with Gasteiger partial charge in [-0.2, -0.15) is 0 Å². The molecule has 7 nitrogen and oxygen atoms in total. The SMILES string of the molecule is Nc1nc2ccccc2nc1N1CCNC[C@@H]1C(=O)O. The van der Waals surface area contributed by atoms with Crippen molar-refractivity contribution in [3.8, 4) is 0 Å². The van der Waals surface area contributed by atoms with Gasteiger partial charge in [-0.15, -0.1) is 0 Å². The molecule has 4 N–H and O–H groups in total. The second kappa shape index (κ2) is 4.93. The number of nitrogens with one attached hydrogen (secondary N) is 1. The highest BCUT2D eigenvalue weighted by Gasteiger charge is 2.31. The van der Waals surface area contributed by atoms with E-state index in [1.165, 1.54) is 0 Å². The molecule has 1 atom stereocenters. The number of hydrogen-bond acceptors (Lipinski definition) is 6. The molecule has 2 aromatic rings. The number of fused-ring (bicyclic) bond motifs is 1. The van der Waals surface area contributed by atoms with E-state index in [9.17, 15) is 9.90 Å². The highest BCUT2D eigenvalue weighted by Crippen LogP contribution is 2.24. The predicted octanol–water partition coefficient (Wildman–Crippen LogP) is 0.0748. The van der Waals surface area contributed by atoms with Gasteiger partial charge in [0.15, 0.2) is 11.6 Å². The lowest BCUT2D eigenvalue weighted by Crippen LogP contribution is -2.55. The lowest BCUT2D eigenvalue weighted by molar-refractivity contribution is -0.138. The summed E-state index contributed by atoms with van der Waals surface area (Å²) in [5.41, 5.74) is 7.36. The molecule has 1 aliphatic rings. The number of benzene rings is 1. The molecule has 0 amide bonds. The fourth-order valence-corrected chi connectivity index (χ4v) is 2.39. The van der Waals surface area contributed by atoms with Crippen molar-refractivity contribution in [2.24, 2.45) is 0 Å². The Balaban J connectivity index is 2.07. The van der Waals surface area contributed by atoms with Crippen LogP contribution in [0.1, 0.15) is 0 Å². The van der Waals surface area contributed by atoms with E-state index < -0.39 is 12.0 Å². The minimum absolute atomic E-state index is 0.261. The molecule has 1 aromatic carbocycles. The molecule has 20 heavy (non-hydrogen) atoms. The largest absolute Gasteiger partial charge is 0.480 e. The maximum absolute atomic E-state index is 11.3. The Hall–Kier alpha value is -2.41. The van der Waals surface area contributed by atoms with Crippen LogP contribution in [0.3, 0.4) is 0 Å². The van der Waals surface area contributed by atoms with Gasteiger partial charge in [-0.05, 0) is 12.1 Å². The number of nitrogens with two attached hydrogens (primary N) is 1. The zero-order chi connectivity index (χ0) is 14.1. The first-order chi connectivity index (χ1) is 9.66. The van der Waals surface area contributed by atoms with Gasteiger partial charge in [-0.1, -0.05) is 12.1 Å². The van der Waals surface area contributed by atoms with E-state index in [2.05, 4.69) is 15.3 Å². The van der Waals surface area contributed by atoms with E-state index in [1.807, 2.05) is 24.3 Å². The number of aromatic nitrogens is 2. The Morgan fingerprint density at radius 3 is 2.75 bits per heavy atom. The highest BCUT2D eigenvalue weighted by atomic mass is 16.4. The minimum atomic E-state index is -0.897. The molecule has 1 fully saturated rings. The summed E-state index contributed by atoms with van der Waals surface area (Å²) in [6.07, 6.45) is 0. The fourth-order valence-electron chi connectivity index (χ4n) is 2.39. The second-order valence-electron chi connectivity index (χ2n) is 4.67. The van der Waals surface area contributed by atoms with Crippen LogP contribution in [0, 0.1) is 0 Å². The third kappa shape index (κ3) is 2.12. The number of carboxylic acid groups (broad SMARTS) is 1. The highest BCUT2D eigenvalue weighted by molar-refractivity contribution is 5.83. The van der Waals surface area contributed by atoms with Crippen molar-refractivity contribution >= 4 is 28.6 Å². The molecule has 7 heteroatoms. The quantitative estimate of drug-likeness (QED) is 0.711. The first-order valence-corrected chi connectivity index (χ1v) is 6.39. The molecule has 1 saturated heterocycles. The third-order valence-electron chi connectivity index (χ3n) is 3.38. The van der Waals surface area contributed by atoms with Gasteiger partial charge in [0.05, 0.1) is 11.0 Å². The number of nitrogens with zero attached hydrogens (tertiary/aromatic N) is 3. The maximum Gasteiger partial charge on any atom is 0.327 e. The smallest absolute Gasteiger partial charge is 0.327 e. The maximum atomic E-state index is 11.3. The van der Waals surface area contributed by atoms with Crippen LogP contribution in [0.2, 0.25) is 0 Å². The molecule has 0 saturated carbocycles. The molecular formula is C13H15N5O2. The first kappa shape index (κ1) is 12.6. The van der Waals surface area contributed by atoms with Crippen molar-refractivity contribution in [3.63, 3.8) is 0 Å². The van der Waals surface area contributed by atoms with Gasteiger partial charge in [0.2, 0.25) is 0 Å². The standard InChI is InChI=1S/C13H15N5O2/c14-11-12(17-9-4-2-1-3-8(9)16-11)18-6-5-15-7-10(18)13(19)20/h1-4,10,15H,5-7H2,(H2,14,16)(H,19,20)/t10-/m1/s1. The van der Waals surface area contributed by atoms with Crippen LogP contribution in [0.4, 0.5) is 11.6 Å². The van der Waals surface area contributed by atoms with Crippen molar-refractivity contribution in [1.82, 2.24) is 15.3 Å². The van der Waals surface area contributed by atoms with Crippen molar-refractivity contribution in [1.29, 1.82) is 0 Å². The summed E-state index contributed by atoms with van der Waals surface area (Å²) < 4.78 is 0. The zero-order valence-corrected chi connectivity index (χ0v) is 10.8. The molecular weight excluding hydrogens is 258 g/mol. The van der Waals surface area contributed by atoms with Crippen LogP contribution in [0.25, 0.3) is 11.0 Å². The van der Waals surface area contributed by atoms with Crippen molar-refractivity contribution in [3.05, 3.63) is 24.3 Å². The Kier molecular flexibility index (Phi) is 3.11. The summed E-state index contributed by atoms with van der Waals surface area (Å²) in [5, 5.41) is 12.4. The molecule has 1 aliphatic heterocycles. The van der Waals surface area contributed by atoms with Crippen molar-refractivity contribution in [2.75, 3.05) is 30.3 Å². The summed E-state index contributed by atoms with van der Waals surface area (Å²) >= 11 is 0. The molecule has 3 rings (SSSR count). The number of para-hydroxylation sites is 2. The number of rotatable bonds is 2. The minimum Gasteiger partial charge on any atom is -0.480 e. The van der Waals surface area contributed by atoms with Crippen LogP contribution in [0.5, 0.6) is 0 Å². The summed E-state index contributed by atoms with van der Waals surface area (Å²) in [6.45, 7) is 1.59. The van der Waals surface area contributed by atoms with Gasteiger partial charge in [-0.25, -0.2) is 14.8 Å². The van der Waals surface area contributed by atoms with E-state index in [0.717, 1.165) is 0 Å². The van der Waals surface area contributed by atoms with E-state index in [-0.39, 0.29) is 5.82 Å². The topological polar surface area (TPSA) is 104 Å². The first-order valence-electron chi connectivity index (χ1n) is 6.39. The number of nitrogen functional groups attached to an aromatic ring is 1. The van der Waals surface area contributed by atoms with Crippen molar-refractivity contribution in [2.45, 2.75) is 6.04 Å². The number of carbonyl (C=O) groups is 1. The zero-order valence-electron chi connectivity index (χ0n) is 10.8. The van der Waals surface area contributed by atoms with Gasteiger partial charge in [0.1, 0.15) is 6.04 Å². The average Bonchev–Trinajstić information content (AvgIpc) is 2.46. The second-order valence-corrected chi connectivity index (χ2v) is 4.67. The Labute approximate surface area is 115 Å². The normalized spacial score (nSPS) is 19.2. The van der Waals surface area contributed by atoms with Crippen LogP contribution < -0.4 is 16.0 Å². The van der Waals surface area contributed by atoms with Gasteiger partial charge >= 0.3 is 5.97 Å². The molecule has 0 aliphatic carbocycles. The molecule has 1 aromatic heterocycles. The molecule has 0 unspecified atom stereocenters. The summed E-state index contributed by atoms with van der Waals surface area (Å²) in [6, 6.07) is 6.71. The summed E-state index contributed by atoms with van der Waals surface area (Å²) in [4.78, 5) is 21.8. The lowest BCUT2D eigenvalue weighted by atomic mass is 10.2. The number of aliphatic carboxylic acids is 1. The van der Waals surface area contributed by atoms with Gasteiger partial charge < -0.3 is 21.1 Å². The fraction of sp³-hybridized carbons (Fsp3) is 0.308. The average molecular weight is 273 g/mol. The molecule has 104 valence electrons. The summed E-state index contributed by atoms with van der Waals surface area (Å²) in [5.74, 6) is -0.194. The van der Waals surface area contributed by atoms with Gasteiger partial charge in [0.25, 0.3) is 0 Å². The molecule has 2 heterocycles. The number of piperazine rings is 1. The predicted molar refractivity (Wildman–Crippen MR) is 75.6 cm³/mol. The number of hydrogen-bond donors (Lipinski definition) is 3. The Morgan fingerprint density at radius 1 is 1.35 bits per heavy atom. The van der Waals surface area contributed by atoms with E-state index in [1.54, 1.807) is 4.90 Å². The Bertz CT molecular complexity index is 660. The lowest BCUT2D eigenvalue weighted by Gasteiger charge is -2.34. The number of anilines is 2. The van der Waals surface area contributed by atoms with Gasteiger partial charge in [0, 0.05) is 19.6 Å². The molecule has 0 radical (unpaired) electrons. The van der Waals surface area contributed by atoms with Crippen LogP contribution in [-0.2, 0) is 4.79 Å². The summed E-state index contributed by atoms with van der Waals surface area (Å²) in [7, 11) is 0. The van der Waals surface area contributed by atoms with Crippen LogP contribution >= 0.6 is 0 Å². The van der Waals surface area contributed by atoms with Crippen LogP contribution in [-0.4, -0.2) is 46.7 Å². The van der Waals surface area contributed by atoms with Crippen LogP contribution in [0.15, 0.2) is 24.3 Å². The number of carboxylic acids is 1. The Morgan fingerprint density at radius 2 is 2.05 bits per heavy atom. The van der Waals surface area contributed by atoms with E-state index >= 15 is 0 Å². The monoisotopic (exact) mass is 273 g/mol. The van der Waals surface area contributed by atoms with E-state index in [4.69, 9.17) is 5.73 Å². The van der Waals surface area contributed by atoms with Gasteiger partial charge in [-0.3, -0.25) is 0 Å². The molecule has 0 spiro atoms. The third-order valence-corrected chi connectivity index (χ3v) is 3.38. The van der Waals surface area contributed by atoms with E-state index in [0.29, 0.717) is 36.5 Å². The van der Waals surface area contributed by atoms with Crippen molar-refractivity contribution < 1.29 is 9.90 Å². The molecule has 0 bridgehead atoms.